The number of nitrogens with one attached hydrogen (secondary N) is 1. The number of amides is 1. The Balaban J connectivity index is 1.72. The van der Waals surface area contributed by atoms with Crippen LogP contribution in [0.1, 0.15) is 11.1 Å². The number of benzene rings is 3. The zero-order valence-electron chi connectivity index (χ0n) is 17.6. The zero-order chi connectivity index (χ0) is 22.9. The van der Waals surface area contributed by atoms with E-state index in [1.807, 2.05) is 18.2 Å². The van der Waals surface area contributed by atoms with E-state index in [9.17, 15) is 10.1 Å². The number of halogens is 1. The summed E-state index contributed by atoms with van der Waals surface area (Å²) >= 11 is 5.90. The van der Waals surface area contributed by atoms with Gasteiger partial charge in [-0.15, -0.1) is 0 Å². The molecule has 0 aliphatic carbocycles. The summed E-state index contributed by atoms with van der Waals surface area (Å²) in [6.07, 6.45) is 1.49. The molecule has 3 rings (SSSR count). The van der Waals surface area contributed by atoms with Gasteiger partial charge in [0.1, 0.15) is 24.0 Å². The van der Waals surface area contributed by atoms with E-state index in [1.165, 1.54) is 13.2 Å². The second kappa shape index (κ2) is 10.9. The molecule has 1 N–H and O–H groups in total. The summed E-state index contributed by atoms with van der Waals surface area (Å²) in [5.41, 5.74) is 2.10. The maximum absolute atomic E-state index is 12.5. The average Bonchev–Trinajstić information content (AvgIpc) is 2.82. The summed E-state index contributed by atoms with van der Waals surface area (Å²) in [4.78, 5) is 12.5. The highest BCUT2D eigenvalue weighted by molar-refractivity contribution is 6.30. The summed E-state index contributed by atoms with van der Waals surface area (Å²) in [6, 6.07) is 21.3. The van der Waals surface area contributed by atoms with Crippen LogP contribution in [0.5, 0.6) is 17.2 Å². The lowest BCUT2D eigenvalue weighted by Crippen LogP contribution is -2.13. The van der Waals surface area contributed by atoms with Crippen LogP contribution < -0.4 is 19.5 Å². The number of nitriles is 1. The van der Waals surface area contributed by atoms with E-state index in [2.05, 4.69) is 5.32 Å². The van der Waals surface area contributed by atoms with Crippen molar-refractivity contribution in [3.8, 4) is 23.3 Å². The predicted octanol–water partition coefficient (Wildman–Crippen LogP) is 5.48. The van der Waals surface area contributed by atoms with Crippen LogP contribution in [0.15, 0.2) is 72.3 Å². The van der Waals surface area contributed by atoms with Crippen molar-refractivity contribution in [3.05, 3.63) is 88.5 Å². The second-order valence-electron chi connectivity index (χ2n) is 6.68. The van der Waals surface area contributed by atoms with Crippen LogP contribution in [-0.4, -0.2) is 20.1 Å². The van der Waals surface area contributed by atoms with Crippen molar-refractivity contribution in [2.75, 3.05) is 19.5 Å². The van der Waals surface area contributed by atoms with Gasteiger partial charge in [0.25, 0.3) is 5.91 Å². The van der Waals surface area contributed by atoms with Gasteiger partial charge in [-0.3, -0.25) is 4.79 Å². The molecule has 0 aliphatic heterocycles. The Morgan fingerprint density at radius 1 is 1.00 bits per heavy atom. The molecule has 32 heavy (non-hydrogen) atoms. The molecule has 0 aromatic heterocycles. The van der Waals surface area contributed by atoms with Crippen LogP contribution in [0.3, 0.4) is 0 Å². The minimum atomic E-state index is -0.514. The lowest BCUT2D eigenvalue weighted by molar-refractivity contribution is -0.112. The van der Waals surface area contributed by atoms with Crippen LogP contribution in [0.2, 0.25) is 5.02 Å². The first-order valence-corrected chi connectivity index (χ1v) is 10.0. The molecule has 1 amide bonds. The molecule has 3 aromatic carbocycles. The molecule has 0 fully saturated rings. The van der Waals surface area contributed by atoms with E-state index in [-0.39, 0.29) is 5.57 Å². The Kier molecular flexibility index (Phi) is 7.74. The van der Waals surface area contributed by atoms with E-state index >= 15 is 0 Å². The molecular formula is C25H21ClN2O4. The first-order chi connectivity index (χ1) is 15.5. The Labute approximate surface area is 191 Å². The quantitative estimate of drug-likeness (QED) is 0.364. The number of hydrogen-bond acceptors (Lipinski definition) is 5. The Bertz CT molecular complexity index is 1150. The molecule has 0 saturated heterocycles. The fourth-order valence-corrected chi connectivity index (χ4v) is 2.95. The van der Waals surface area contributed by atoms with E-state index in [0.29, 0.717) is 40.1 Å². The van der Waals surface area contributed by atoms with Gasteiger partial charge in [0, 0.05) is 10.7 Å². The molecule has 0 unspecified atom stereocenters. The molecule has 6 nitrogen and oxygen atoms in total. The normalized spacial score (nSPS) is 10.8. The predicted molar refractivity (Wildman–Crippen MR) is 124 cm³/mol. The summed E-state index contributed by atoms with van der Waals surface area (Å²) in [5, 5.41) is 12.8. The van der Waals surface area contributed by atoms with Gasteiger partial charge in [-0.25, -0.2) is 0 Å². The van der Waals surface area contributed by atoms with Crippen LogP contribution in [0.4, 0.5) is 5.69 Å². The number of carbonyl (C=O) groups excluding carboxylic acids is 1. The van der Waals surface area contributed by atoms with Gasteiger partial charge >= 0.3 is 0 Å². The summed E-state index contributed by atoms with van der Waals surface area (Å²) in [7, 11) is 3.09. The molecule has 0 spiro atoms. The smallest absolute Gasteiger partial charge is 0.266 e. The Morgan fingerprint density at radius 2 is 1.72 bits per heavy atom. The number of ether oxygens (including phenoxy) is 3. The van der Waals surface area contributed by atoms with Crippen molar-refractivity contribution in [2.24, 2.45) is 0 Å². The van der Waals surface area contributed by atoms with E-state index in [4.69, 9.17) is 25.8 Å². The number of nitrogens with zero attached hydrogens (tertiary/aromatic N) is 1. The van der Waals surface area contributed by atoms with Gasteiger partial charge in [-0.05, 0) is 65.7 Å². The summed E-state index contributed by atoms with van der Waals surface area (Å²) in [6.45, 7) is 0.344. The lowest BCUT2D eigenvalue weighted by Gasteiger charge is -2.12. The third-order valence-corrected chi connectivity index (χ3v) is 4.77. The van der Waals surface area contributed by atoms with Gasteiger partial charge in [-0.1, -0.05) is 29.8 Å². The van der Waals surface area contributed by atoms with Gasteiger partial charge in [-0.2, -0.15) is 5.26 Å². The molecule has 0 bridgehead atoms. The first kappa shape index (κ1) is 22.7. The van der Waals surface area contributed by atoms with Crippen molar-refractivity contribution >= 4 is 29.3 Å². The van der Waals surface area contributed by atoms with Gasteiger partial charge in [0.2, 0.25) is 0 Å². The number of hydrogen-bond donors (Lipinski definition) is 1. The highest BCUT2D eigenvalue weighted by atomic mass is 35.5. The number of carbonyl (C=O) groups is 1. The van der Waals surface area contributed by atoms with Crippen molar-refractivity contribution in [2.45, 2.75) is 6.61 Å². The van der Waals surface area contributed by atoms with E-state index in [0.717, 1.165) is 5.56 Å². The fraction of sp³-hybridized carbons (Fsp3) is 0.120. The molecule has 0 heterocycles. The molecular weight excluding hydrogens is 428 g/mol. The third-order valence-electron chi connectivity index (χ3n) is 4.52. The summed E-state index contributed by atoms with van der Waals surface area (Å²) in [5.74, 6) is 1.19. The number of anilines is 1. The van der Waals surface area contributed by atoms with Gasteiger partial charge in [0.05, 0.1) is 14.2 Å². The Hall–Kier alpha value is -3.95. The maximum atomic E-state index is 12.5. The third kappa shape index (κ3) is 6.03. The molecule has 0 radical (unpaired) electrons. The standard InChI is InChI=1S/C25H21ClN2O4/c1-30-22-10-8-21(9-11-22)28-25(29)19(15-27)13-18-5-12-23(24(14-18)31-2)32-16-17-3-6-20(26)7-4-17/h3-14H,16H2,1-2H3,(H,28,29)/b19-13+. The van der Waals surface area contributed by atoms with Crippen LogP contribution in [0.25, 0.3) is 6.08 Å². The molecule has 162 valence electrons. The SMILES string of the molecule is COc1ccc(NC(=O)/C(C#N)=C/c2ccc(OCc3ccc(Cl)cc3)c(OC)c2)cc1. The van der Waals surface area contributed by atoms with Crippen molar-refractivity contribution in [1.29, 1.82) is 5.26 Å². The monoisotopic (exact) mass is 448 g/mol. The van der Waals surface area contributed by atoms with Crippen LogP contribution >= 0.6 is 11.6 Å². The minimum absolute atomic E-state index is 0.0438. The Morgan fingerprint density at radius 3 is 2.34 bits per heavy atom. The highest BCUT2D eigenvalue weighted by Crippen LogP contribution is 2.30. The van der Waals surface area contributed by atoms with Crippen molar-refractivity contribution < 1.29 is 19.0 Å². The zero-order valence-corrected chi connectivity index (χ0v) is 18.3. The van der Waals surface area contributed by atoms with E-state index in [1.54, 1.807) is 61.7 Å². The summed E-state index contributed by atoms with van der Waals surface area (Å²) < 4.78 is 16.4. The molecule has 0 saturated carbocycles. The molecule has 0 atom stereocenters. The fourth-order valence-electron chi connectivity index (χ4n) is 2.82. The first-order valence-electron chi connectivity index (χ1n) is 9.65. The minimum Gasteiger partial charge on any atom is -0.497 e. The van der Waals surface area contributed by atoms with Crippen molar-refractivity contribution in [3.63, 3.8) is 0 Å². The topological polar surface area (TPSA) is 80.6 Å². The average molecular weight is 449 g/mol. The highest BCUT2D eigenvalue weighted by Gasteiger charge is 2.11. The maximum Gasteiger partial charge on any atom is 0.266 e. The molecule has 7 heteroatoms. The van der Waals surface area contributed by atoms with E-state index < -0.39 is 5.91 Å². The van der Waals surface area contributed by atoms with Crippen LogP contribution in [0, 0.1) is 11.3 Å². The number of rotatable bonds is 8. The molecule has 0 aliphatic rings. The second-order valence-corrected chi connectivity index (χ2v) is 7.11. The van der Waals surface area contributed by atoms with Crippen LogP contribution in [-0.2, 0) is 11.4 Å². The molecule has 3 aromatic rings. The largest absolute Gasteiger partial charge is 0.497 e. The lowest BCUT2D eigenvalue weighted by atomic mass is 10.1. The van der Waals surface area contributed by atoms with Gasteiger partial charge in [0.15, 0.2) is 11.5 Å². The van der Waals surface area contributed by atoms with Gasteiger partial charge < -0.3 is 19.5 Å². The number of methoxy groups -OCH3 is 2. The van der Waals surface area contributed by atoms with Crippen molar-refractivity contribution in [1.82, 2.24) is 0 Å².